The lowest BCUT2D eigenvalue weighted by Gasteiger charge is -2.01. The lowest BCUT2D eigenvalue weighted by molar-refractivity contribution is -0.170. The molecule has 0 aliphatic carbocycles. The molecule has 2 atom stereocenters. The van der Waals surface area contributed by atoms with Crippen LogP contribution in [0, 0.1) is 0 Å². The van der Waals surface area contributed by atoms with E-state index in [1.165, 1.54) is 0 Å². The minimum absolute atomic E-state index is 0.456. The van der Waals surface area contributed by atoms with Crippen LogP contribution in [0.5, 0.6) is 0 Å². The van der Waals surface area contributed by atoms with E-state index in [0.29, 0.717) is 6.26 Å². The van der Waals surface area contributed by atoms with Crippen molar-refractivity contribution in [2.45, 2.75) is 0 Å². The Labute approximate surface area is 68.5 Å². The summed E-state index contributed by atoms with van der Waals surface area (Å²) in [5.74, 6) is 0. The lowest BCUT2D eigenvalue weighted by atomic mass is 12.0. The van der Waals surface area contributed by atoms with Crippen molar-refractivity contribution in [1.82, 2.24) is 0 Å². The van der Waals surface area contributed by atoms with Gasteiger partial charge in [0.05, 0.1) is 6.26 Å². The SMILES string of the molecule is CS(=O)(=O)OP(=O)(OO)[P+](=O)[O-]. The Hall–Kier alpha value is 0.120. The van der Waals surface area contributed by atoms with E-state index in [-0.39, 0.29) is 0 Å². The Morgan fingerprint density at radius 3 is 2.08 bits per heavy atom. The van der Waals surface area contributed by atoms with Crippen molar-refractivity contribution < 1.29 is 36.3 Å². The summed E-state index contributed by atoms with van der Waals surface area (Å²) in [5.41, 5.74) is 0. The third-order valence-electron chi connectivity index (χ3n) is 0.533. The van der Waals surface area contributed by atoms with E-state index in [2.05, 4.69) is 8.64 Å². The van der Waals surface area contributed by atoms with Gasteiger partial charge in [-0.25, -0.2) is 9.82 Å². The fourth-order valence-electron chi connectivity index (χ4n) is 0.242. The molecule has 1 N–H and O–H groups in total. The van der Waals surface area contributed by atoms with Gasteiger partial charge in [0.25, 0.3) is 10.1 Å². The second-order valence-electron chi connectivity index (χ2n) is 1.57. The average Bonchev–Trinajstić information content (AvgIpc) is 1.83. The van der Waals surface area contributed by atoms with E-state index in [9.17, 15) is 22.4 Å². The van der Waals surface area contributed by atoms with E-state index in [1.807, 2.05) is 0 Å². The van der Waals surface area contributed by atoms with Crippen LogP contribution in [0.3, 0.4) is 0 Å². The molecule has 12 heavy (non-hydrogen) atoms. The molecule has 2 unspecified atom stereocenters. The summed E-state index contributed by atoms with van der Waals surface area (Å²) in [4.78, 5) is 10.0. The van der Waals surface area contributed by atoms with Crippen LogP contribution in [-0.4, -0.2) is 19.9 Å². The van der Waals surface area contributed by atoms with Gasteiger partial charge in [0.2, 0.25) is 0 Å². The molecule has 0 aliphatic rings. The molecule has 0 aliphatic heterocycles. The van der Waals surface area contributed by atoms with Gasteiger partial charge in [-0.05, 0) is 0 Å². The first-order valence-corrected chi connectivity index (χ1v) is 7.45. The summed E-state index contributed by atoms with van der Waals surface area (Å²) >= 11 is 0. The Balaban J connectivity index is 4.83. The van der Waals surface area contributed by atoms with Crippen molar-refractivity contribution in [2.24, 2.45) is 0 Å². The van der Waals surface area contributed by atoms with Gasteiger partial charge in [-0.2, -0.15) is 8.42 Å². The maximum Gasteiger partial charge on any atom is 0.608 e. The summed E-state index contributed by atoms with van der Waals surface area (Å²) < 4.78 is 47.6. The molecule has 0 radical (unpaired) electrons. The first-order chi connectivity index (χ1) is 5.21. The first kappa shape index (κ1) is 12.1. The van der Waals surface area contributed by atoms with E-state index in [1.54, 1.807) is 0 Å². The topological polar surface area (TPSA) is 130 Å². The molecule has 8 nitrogen and oxygen atoms in total. The molecule has 0 amide bonds. The second kappa shape index (κ2) is 3.89. The highest BCUT2D eigenvalue weighted by Crippen LogP contribution is 2.66. The van der Waals surface area contributed by atoms with E-state index in [4.69, 9.17) is 5.26 Å². The zero-order chi connectivity index (χ0) is 9.99. The molecule has 0 spiro atoms. The summed E-state index contributed by atoms with van der Waals surface area (Å²) in [5, 5.41) is 7.78. The highest BCUT2D eigenvalue weighted by atomic mass is 32.3. The summed E-state index contributed by atoms with van der Waals surface area (Å²) in [6.07, 6.45) is 0.456. The van der Waals surface area contributed by atoms with Crippen LogP contribution in [0.15, 0.2) is 0 Å². The molecule has 0 aromatic rings. The Morgan fingerprint density at radius 1 is 1.58 bits per heavy atom. The third kappa shape index (κ3) is 3.68. The van der Waals surface area contributed by atoms with Gasteiger partial charge >= 0.3 is 15.0 Å². The largest absolute Gasteiger partial charge is 0.608 e. The van der Waals surface area contributed by atoms with Gasteiger partial charge in [-0.3, -0.25) is 0 Å². The Morgan fingerprint density at radius 2 is 2.00 bits per heavy atom. The van der Waals surface area contributed by atoms with Crippen LogP contribution in [0.4, 0.5) is 0 Å². The van der Waals surface area contributed by atoms with Gasteiger partial charge in [-0.1, -0.05) is 4.57 Å². The van der Waals surface area contributed by atoms with E-state index >= 15 is 0 Å². The van der Waals surface area contributed by atoms with Gasteiger partial charge in [0, 0.05) is 0 Å². The van der Waals surface area contributed by atoms with Crippen LogP contribution in [0.2, 0.25) is 0 Å². The summed E-state index contributed by atoms with van der Waals surface area (Å²) in [7, 11) is -13.1. The van der Waals surface area contributed by atoms with Crippen LogP contribution in [0.25, 0.3) is 0 Å². The lowest BCUT2D eigenvalue weighted by Crippen LogP contribution is -2.03. The fourth-order valence-corrected chi connectivity index (χ4v) is 3.76. The Kier molecular flexibility index (Phi) is 3.92. The standard InChI is InChI=1S/CH4O8P2S/c1-12(6,7)9-11(5,8-2)10(3)4/h2H,1H3. The maximum absolute atomic E-state index is 10.6. The Bertz CT molecular complexity index is 314. The molecule has 0 saturated heterocycles. The molecule has 0 saturated carbocycles. The fraction of sp³-hybridized carbons (Fsp3) is 1.00. The van der Waals surface area contributed by atoms with E-state index in [0.717, 1.165) is 0 Å². The summed E-state index contributed by atoms with van der Waals surface area (Å²) in [6, 6.07) is 0. The zero-order valence-corrected chi connectivity index (χ0v) is 8.21. The number of hydrogen-bond donors (Lipinski definition) is 1. The molecule has 72 valence electrons. The molecule has 0 rings (SSSR count). The van der Waals surface area contributed by atoms with Crippen molar-refractivity contribution in [2.75, 3.05) is 6.26 Å². The van der Waals surface area contributed by atoms with Gasteiger partial charge in [0.1, 0.15) is 0 Å². The molecule has 0 heterocycles. The average molecular weight is 238 g/mol. The number of rotatable bonds is 4. The van der Waals surface area contributed by atoms with Gasteiger partial charge in [0.15, 0.2) is 0 Å². The van der Waals surface area contributed by atoms with Crippen molar-refractivity contribution in [3.8, 4) is 0 Å². The van der Waals surface area contributed by atoms with Crippen molar-refractivity contribution in [1.29, 1.82) is 0 Å². The van der Waals surface area contributed by atoms with Crippen LogP contribution in [0.1, 0.15) is 0 Å². The smallest absolute Gasteiger partial charge is 0.587 e. The van der Waals surface area contributed by atoms with Gasteiger partial charge in [-0.15, -0.1) is 8.64 Å². The minimum Gasteiger partial charge on any atom is -0.587 e. The first-order valence-electron chi connectivity index (χ1n) is 2.20. The highest BCUT2D eigenvalue weighted by Gasteiger charge is 2.46. The van der Waals surface area contributed by atoms with Crippen molar-refractivity contribution in [3.05, 3.63) is 0 Å². The van der Waals surface area contributed by atoms with E-state index < -0.39 is 25.1 Å². The second-order valence-corrected chi connectivity index (χ2v) is 7.60. The quantitative estimate of drug-likeness (QED) is 0.400. The summed E-state index contributed by atoms with van der Waals surface area (Å²) in [6.45, 7) is 0. The molecular weight excluding hydrogens is 234 g/mol. The van der Waals surface area contributed by atoms with Gasteiger partial charge < -0.3 is 4.89 Å². The molecule has 11 heteroatoms. The predicted octanol–water partition coefficient (Wildman–Crippen LogP) is -0.337. The molecule has 0 aromatic carbocycles. The maximum atomic E-state index is 10.6. The van der Waals surface area contributed by atoms with Crippen molar-refractivity contribution >= 4 is 25.1 Å². The zero-order valence-electron chi connectivity index (χ0n) is 5.61. The molecular formula is CH4O8P2S. The normalized spacial score (nSPS) is 18.4. The monoisotopic (exact) mass is 238 g/mol. The van der Waals surface area contributed by atoms with Crippen LogP contribution < -0.4 is 4.89 Å². The van der Waals surface area contributed by atoms with Crippen LogP contribution >= 0.6 is 15.0 Å². The van der Waals surface area contributed by atoms with Crippen molar-refractivity contribution in [3.63, 3.8) is 0 Å². The third-order valence-corrected chi connectivity index (χ3v) is 4.99. The predicted molar refractivity (Wildman–Crippen MR) is 34.9 cm³/mol. The minimum atomic E-state index is -4.97. The molecule has 0 aromatic heterocycles. The van der Waals surface area contributed by atoms with Crippen LogP contribution in [-0.2, 0) is 27.9 Å². The number of hydrogen-bond acceptors (Lipinski definition) is 8. The molecule has 0 bridgehead atoms. The highest BCUT2D eigenvalue weighted by molar-refractivity contribution is 8.22. The molecule has 0 fully saturated rings.